The van der Waals surface area contributed by atoms with Crippen LogP contribution in [0.4, 0.5) is 5.95 Å². The van der Waals surface area contributed by atoms with Crippen LogP contribution in [-0.2, 0) is 23.1 Å². The molecule has 0 saturated carbocycles. The van der Waals surface area contributed by atoms with E-state index in [4.69, 9.17) is 9.72 Å². The fourth-order valence-electron chi connectivity index (χ4n) is 3.32. The van der Waals surface area contributed by atoms with Gasteiger partial charge in [0, 0.05) is 37.1 Å². The Hall–Kier alpha value is -1.61. The Bertz CT molecular complexity index is 916. The van der Waals surface area contributed by atoms with Gasteiger partial charge in [-0.05, 0) is 46.2 Å². The Labute approximate surface area is 169 Å². The fourth-order valence-corrected chi connectivity index (χ4v) is 4.12. The predicted molar refractivity (Wildman–Crippen MR) is 114 cm³/mol. The molecule has 1 N–H and O–H groups in total. The van der Waals surface area contributed by atoms with Gasteiger partial charge in [0.25, 0.3) is 5.56 Å². The number of aryl methyl sites for hydroxylation is 1. The second kappa shape index (κ2) is 8.02. The number of morpholine rings is 1. The minimum absolute atomic E-state index is 0.0689. The van der Waals surface area contributed by atoms with Crippen LogP contribution < -0.4 is 15.2 Å². The number of rotatable bonds is 4. The Balaban J connectivity index is 2.12. The van der Waals surface area contributed by atoms with Gasteiger partial charge < -0.3 is 14.2 Å². The minimum atomic E-state index is -1.22. The molecule has 7 nitrogen and oxygen atoms in total. The number of ether oxygens (including phenoxy) is 1. The summed E-state index contributed by atoms with van der Waals surface area (Å²) in [6, 6.07) is 3.69. The highest BCUT2D eigenvalue weighted by Gasteiger charge is 2.29. The lowest BCUT2D eigenvalue weighted by atomic mass is 10.0. The smallest absolute Gasteiger partial charge is 0.262 e. The van der Waals surface area contributed by atoms with E-state index in [2.05, 4.69) is 9.62 Å². The van der Waals surface area contributed by atoms with Crippen molar-refractivity contribution in [2.75, 3.05) is 31.2 Å². The molecule has 0 radical (unpaired) electrons. The average Bonchev–Trinajstić information content (AvgIpc) is 2.64. The molecule has 3 rings (SSSR count). The van der Waals surface area contributed by atoms with E-state index in [1.807, 2.05) is 46.8 Å². The predicted octanol–water partition coefficient (Wildman–Crippen LogP) is 2.19. The van der Waals surface area contributed by atoms with Crippen LogP contribution in [0.2, 0.25) is 0 Å². The fraction of sp³-hybridized carbons (Fsp3) is 0.600. The van der Waals surface area contributed by atoms with Crippen LogP contribution >= 0.6 is 0 Å². The van der Waals surface area contributed by atoms with Crippen LogP contribution in [0.15, 0.2) is 16.9 Å². The quantitative estimate of drug-likeness (QED) is 0.784. The van der Waals surface area contributed by atoms with Crippen molar-refractivity contribution in [1.29, 1.82) is 0 Å². The normalized spacial score (nSPS) is 17.8. The van der Waals surface area contributed by atoms with Crippen LogP contribution in [0.1, 0.15) is 44.9 Å². The number of fused-ring (bicyclic) bond motifs is 1. The summed E-state index contributed by atoms with van der Waals surface area (Å²) in [6.45, 7) is 12.4. The lowest BCUT2D eigenvalue weighted by Gasteiger charge is -2.30. The molecular weight excluding hydrogens is 376 g/mol. The zero-order chi connectivity index (χ0) is 20.6. The maximum Gasteiger partial charge on any atom is 0.262 e. The highest BCUT2D eigenvalue weighted by Crippen LogP contribution is 2.27. The van der Waals surface area contributed by atoms with Gasteiger partial charge in [0.2, 0.25) is 5.95 Å². The molecule has 1 aromatic carbocycles. The van der Waals surface area contributed by atoms with Gasteiger partial charge in [0.05, 0.1) is 30.2 Å². The minimum Gasteiger partial charge on any atom is -0.598 e. The summed E-state index contributed by atoms with van der Waals surface area (Å²) >= 11 is -1.22. The van der Waals surface area contributed by atoms with Crippen molar-refractivity contribution < 1.29 is 9.29 Å². The summed E-state index contributed by atoms with van der Waals surface area (Å²) in [5.41, 5.74) is 2.47. The molecule has 1 aliphatic heterocycles. The third-order valence-corrected chi connectivity index (χ3v) is 6.61. The van der Waals surface area contributed by atoms with Crippen LogP contribution in [0.25, 0.3) is 10.9 Å². The van der Waals surface area contributed by atoms with Crippen molar-refractivity contribution in [1.82, 2.24) is 14.3 Å². The van der Waals surface area contributed by atoms with Crippen molar-refractivity contribution in [2.24, 2.45) is 7.05 Å². The SMILES string of the molecule is Cc1cc([C@@H](C)N[S+]([O-])C(C)(C)C)c2nc(N3CCOCC3)n(C)c(=O)c2c1. The van der Waals surface area contributed by atoms with Crippen LogP contribution in [0.3, 0.4) is 0 Å². The van der Waals surface area contributed by atoms with E-state index in [9.17, 15) is 9.35 Å². The zero-order valence-corrected chi connectivity index (χ0v) is 18.4. The van der Waals surface area contributed by atoms with Gasteiger partial charge in [-0.25, -0.2) is 4.98 Å². The van der Waals surface area contributed by atoms with Gasteiger partial charge in [-0.15, -0.1) is 4.72 Å². The molecule has 2 heterocycles. The largest absolute Gasteiger partial charge is 0.598 e. The molecule has 1 aliphatic rings. The van der Waals surface area contributed by atoms with E-state index in [1.165, 1.54) is 0 Å². The maximum atomic E-state index is 13.1. The van der Waals surface area contributed by atoms with Crippen LogP contribution in [-0.4, -0.2) is 45.2 Å². The van der Waals surface area contributed by atoms with Gasteiger partial charge in [0.1, 0.15) is 4.75 Å². The molecule has 1 unspecified atom stereocenters. The number of nitrogens with one attached hydrogen (secondary N) is 1. The van der Waals surface area contributed by atoms with Gasteiger partial charge in [-0.3, -0.25) is 9.36 Å². The van der Waals surface area contributed by atoms with Crippen molar-refractivity contribution >= 4 is 28.2 Å². The first-order chi connectivity index (χ1) is 13.1. The molecule has 1 aromatic heterocycles. The number of aromatic nitrogens is 2. The molecule has 154 valence electrons. The zero-order valence-electron chi connectivity index (χ0n) is 17.5. The summed E-state index contributed by atoms with van der Waals surface area (Å²) in [4.78, 5) is 20.1. The molecule has 0 aliphatic carbocycles. The first-order valence-electron chi connectivity index (χ1n) is 9.61. The van der Waals surface area contributed by atoms with Gasteiger partial charge >= 0.3 is 0 Å². The summed E-state index contributed by atoms with van der Waals surface area (Å²) in [6.07, 6.45) is 0. The second-order valence-electron chi connectivity index (χ2n) is 8.35. The molecule has 1 saturated heterocycles. The van der Waals surface area contributed by atoms with Crippen LogP contribution in [0, 0.1) is 6.92 Å². The molecule has 1 fully saturated rings. The van der Waals surface area contributed by atoms with Crippen molar-refractivity contribution in [3.63, 3.8) is 0 Å². The lowest BCUT2D eigenvalue weighted by Crippen LogP contribution is -2.41. The summed E-state index contributed by atoms with van der Waals surface area (Å²) in [5.74, 6) is 0.648. The highest BCUT2D eigenvalue weighted by molar-refractivity contribution is 7.90. The molecule has 0 amide bonds. The lowest BCUT2D eigenvalue weighted by molar-refractivity contribution is 0.121. The average molecular weight is 407 g/mol. The van der Waals surface area contributed by atoms with Crippen LogP contribution in [0.5, 0.6) is 0 Å². The van der Waals surface area contributed by atoms with Crippen molar-refractivity contribution in [3.8, 4) is 0 Å². The topological polar surface area (TPSA) is 82.4 Å². The Morgan fingerprint density at radius 1 is 1.29 bits per heavy atom. The Morgan fingerprint density at radius 2 is 1.93 bits per heavy atom. The van der Waals surface area contributed by atoms with E-state index in [0.717, 1.165) is 11.1 Å². The monoisotopic (exact) mass is 406 g/mol. The molecule has 2 atom stereocenters. The molecule has 2 aromatic rings. The molecule has 0 bridgehead atoms. The number of benzene rings is 1. The van der Waals surface area contributed by atoms with E-state index in [1.54, 1.807) is 11.6 Å². The van der Waals surface area contributed by atoms with Crippen molar-refractivity contribution in [2.45, 2.75) is 45.4 Å². The molecular formula is C20H30N4O3S. The molecule has 28 heavy (non-hydrogen) atoms. The van der Waals surface area contributed by atoms with E-state index < -0.39 is 11.4 Å². The highest BCUT2D eigenvalue weighted by atomic mass is 32.2. The molecule has 0 spiro atoms. The maximum absolute atomic E-state index is 13.1. The summed E-state index contributed by atoms with van der Waals surface area (Å²) in [7, 11) is 1.76. The number of hydrogen-bond acceptors (Lipinski definition) is 6. The van der Waals surface area contributed by atoms with Gasteiger partial charge in [0.15, 0.2) is 0 Å². The molecule has 8 heteroatoms. The third-order valence-electron chi connectivity index (χ3n) is 4.93. The Kier molecular flexibility index (Phi) is 6.05. The number of hydrogen-bond donors (Lipinski definition) is 1. The standard InChI is InChI=1S/C20H30N4O3S/c1-13-11-15(14(2)22-28(26)20(3,4)5)17-16(12-13)18(25)23(6)19(21-17)24-7-9-27-10-8-24/h11-12,14,22H,7-10H2,1-6H3/t14-,28?/m1/s1. The van der Waals surface area contributed by atoms with Gasteiger partial charge in [-0.1, -0.05) is 6.07 Å². The van der Waals surface area contributed by atoms with Gasteiger partial charge in [-0.2, -0.15) is 0 Å². The van der Waals surface area contributed by atoms with Crippen molar-refractivity contribution in [3.05, 3.63) is 33.6 Å². The van der Waals surface area contributed by atoms with E-state index in [0.29, 0.717) is 43.2 Å². The second-order valence-corrected chi connectivity index (χ2v) is 10.3. The first-order valence-corrected chi connectivity index (χ1v) is 10.8. The van der Waals surface area contributed by atoms with E-state index in [-0.39, 0.29) is 16.3 Å². The first kappa shape index (κ1) is 21.1. The number of anilines is 1. The Morgan fingerprint density at radius 3 is 2.54 bits per heavy atom. The summed E-state index contributed by atoms with van der Waals surface area (Å²) in [5, 5.41) is 0.588. The number of nitrogens with zero attached hydrogens (tertiary/aromatic N) is 3. The van der Waals surface area contributed by atoms with E-state index >= 15 is 0 Å². The third kappa shape index (κ3) is 4.20. The summed E-state index contributed by atoms with van der Waals surface area (Å²) < 4.78 is 22.4.